The molecule has 0 amide bonds. The lowest BCUT2D eigenvalue weighted by Gasteiger charge is -2.42. The van der Waals surface area contributed by atoms with Crippen LogP contribution in [0.5, 0.6) is 11.5 Å². The van der Waals surface area contributed by atoms with Crippen molar-refractivity contribution in [3.63, 3.8) is 0 Å². The van der Waals surface area contributed by atoms with Crippen molar-refractivity contribution >= 4 is 37.6 Å². The van der Waals surface area contributed by atoms with Crippen LogP contribution in [-0.4, -0.2) is 46.1 Å². The van der Waals surface area contributed by atoms with Crippen molar-refractivity contribution in [3.05, 3.63) is 59.7 Å². The Morgan fingerprint density at radius 3 is 2.35 bits per heavy atom. The highest BCUT2D eigenvalue weighted by Gasteiger charge is 2.46. The van der Waals surface area contributed by atoms with Crippen molar-refractivity contribution < 1.29 is 23.7 Å². The molecule has 1 aliphatic rings. The zero-order chi connectivity index (χ0) is 24.6. The molecule has 0 N–H and O–H groups in total. The maximum Gasteiger partial charge on any atom is 0.303 e. The standard InChI is InChI=1S/C26H36O5S2Si/c1-20(27)31-25(26(32-13-9-14-33-26)22-10-7-6-8-11-22)21-16-23(28-2)18-24(17-21)30-19-29-12-15-34(3,4)5/h6-8,10-11,16-18,25H,9,12-15,19H2,1-5H3. The first kappa shape index (κ1) is 27.0. The summed E-state index contributed by atoms with van der Waals surface area (Å²) in [5.74, 6) is 2.97. The zero-order valence-electron chi connectivity index (χ0n) is 20.8. The van der Waals surface area contributed by atoms with Gasteiger partial charge in [-0.25, -0.2) is 0 Å². The topological polar surface area (TPSA) is 54.0 Å². The van der Waals surface area contributed by atoms with Gasteiger partial charge in [0, 0.05) is 33.2 Å². The predicted molar refractivity (Wildman–Crippen MR) is 145 cm³/mol. The van der Waals surface area contributed by atoms with E-state index in [0.717, 1.165) is 35.1 Å². The van der Waals surface area contributed by atoms with Gasteiger partial charge in [0.05, 0.1) is 7.11 Å². The largest absolute Gasteiger partial charge is 0.497 e. The summed E-state index contributed by atoms with van der Waals surface area (Å²) in [6.45, 7) is 9.29. The first-order valence-corrected chi connectivity index (χ1v) is 17.3. The summed E-state index contributed by atoms with van der Waals surface area (Å²) in [5.41, 5.74) is 1.98. The zero-order valence-corrected chi connectivity index (χ0v) is 23.4. The molecule has 0 bridgehead atoms. The summed E-state index contributed by atoms with van der Waals surface area (Å²) < 4.78 is 22.9. The van der Waals surface area contributed by atoms with Crippen LogP contribution in [0.4, 0.5) is 0 Å². The molecule has 0 radical (unpaired) electrons. The minimum atomic E-state index is -1.15. The number of hydrogen-bond acceptors (Lipinski definition) is 7. The second-order valence-corrected chi connectivity index (χ2v) is 18.1. The maximum atomic E-state index is 12.3. The van der Waals surface area contributed by atoms with Crippen LogP contribution >= 0.6 is 23.5 Å². The molecule has 34 heavy (non-hydrogen) atoms. The molecule has 186 valence electrons. The molecule has 2 aromatic rings. The number of methoxy groups -OCH3 is 1. The Kier molecular flexibility index (Phi) is 9.82. The number of carbonyl (C=O) groups is 1. The number of benzene rings is 2. The lowest BCUT2D eigenvalue weighted by Crippen LogP contribution is -2.33. The lowest BCUT2D eigenvalue weighted by molar-refractivity contribution is -0.147. The average molecular weight is 521 g/mol. The highest BCUT2D eigenvalue weighted by atomic mass is 32.2. The molecular weight excluding hydrogens is 485 g/mol. The summed E-state index contributed by atoms with van der Waals surface area (Å²) in [7, 11) is 0.476. The van der Waals surface area contributed by atoms with Crippen LogP contribution in [0.2, 0.25) is 25.7 Å². The van der Waals surface area contributed by atoms with E-state index in [0.29, 0.717) is 18.1 Å². The molecule has 1 atom stereocenters. The molecule has 8 heteroatoms. The first-order valence-electron chi connectivity index (χ1n) is 11.6. The van der Waals surface area contributed by atoms with Gasteiger partial charge >= 0.3 is 5.97 Å². The van der Waals surface area contributed by atoms with Gasteiger partial charge in [0.25, 0.3) is 0 Å². The van der Waals surface area contributed by atoms with E-state index in [4.69, 9.17) is 18.9 Å². The monoisotopic (exact) mass is 520 g/mol. The number of carbonyl (C=O) groups excluding carboxylic acids is 1. The van der Waals surface area contributed by atoms with Crippen LogP contribution in [0, 0.1) is 0 Å². The van der Waals surface area contributed by atoms with Crippen molar-refractivity contribution in [3.8, 4) is 11.5 Å². The Labute approximate surface area is 213 Å². The fraction of sp³-hybridized carbons (Fsp3) is 0.500. The van der Waals surface area contributed by atoms with Gasteiger partial charge in [-0.1, -0.05) is 50.0 Å². The minimum Gasteiger partial charge on any atom is -0.497 e. The Morgan fingerprint density at radius 2 is 1.74 bits per heavy atom. The number of ether oxygens (including phenoxy) is 4. The fourth-order valence-corrected chi connectivity index (χ4v) is 7.95. The third kappa shape index (κ3) is 7.44. The number of hydrogen-bond donors (Lipinski definition) is 0. The average Bonchev–Trinajstić information content (AvgIpc) is 2.82. The van der Waals surface area contributed by atoms with Gasteiger partial charge in [0.2, 0.25) is 0 Å². The normalized spacial score (nSPS) is 16.5. The summed E-state index contributed by atoms with van der Waals surface area (Å²) in [6, 6.07) is 17.1. The van der Waals surface area contributed by atoms with Gasteiger partial charge in [-0.2, -0.15) is 0 Å². The van der Waals surface area contributed by atoms with Crippen LogP contribution in [0.3, 0.4) is 0 Å². The molecule has 5 nitrogen and oxygen atoms in total. The van der Waals surface area contributed by atoms with Crippen molar-refractivity contribution in [2.45, 2.75) is 49.2 Å². The lowest BCUT2D eigenvalue weighted by atomic mass is 9.99. The van der Waals surface area contributed by atoms with Gasteiger partial charge in [-0.3, -0.25) is 4.79 Å². The molecule has 1 unspecified atom stereocenters. The summed E-state index contributed by atoms with van der Waals surface area (Å²) in [6.07, 6.45) is 0.616. The van der Waals surface area contributed by atoms with E-state index in [2.05, 4.69) is 31.8 Å². The van der Waals surface area contributed by atoms with Gasteiger partial charge in [-0.05, 0) is 41.7 Å². The quantitative estimate of drug-likeness (QED) is 0.141. The van der Waals surface area contributed by atoms with Crippen LogP contribution in [0.15, 0.2) is 48.5 Å². The van der Waals surface area contributed by atoms with Gasteiger partial charge in [0.15, 0.2) is 12.9 Å². The first-order chi connectivity index (χ1) is 16.2. The van der Waals surface area contributed by atoms with Crippen molar-refractivity contribution in [2.24, 2.45) is 0 Å². The van der Waals surface area contributed by atoms with Gasteiger partial charge in [-0.15, -0.1) is 23.5 Å². The molecule has 1 aliphatic heterocycles. The summed E-state index contributed by atoms with van der Waals surface area (Å²) in [5, 5.41) is 0. The Bertz CT molecular complexity index is 927. The molecule has 1 fully saturated rings. The van der Waals surface area contributed by atoms with Crippen LogP contribution in [0.1, 0.15) is 30.6 Å². The molecule has 3 rings (SSSR count). The van der Waals surface area contributed by atoms with Gasteiger partial charge < -0.3 is 18.9 Å². The van der Waals surface area contributed by atoms with E-state index in [1.165, 1.54) is 6.92 Å². The van der Waals surface area contributed by atoms with Crippen LogP contribution in [-0.2, 0) is 18.3 Å². The van der Waals surface area contributed by atoms with E-state index in [1.54, 1.807) is 7.11 Å². The second kappa shape index (κ2) is 12.4. The number of rotatable bonds is 11. The highest BCUT2D eigenvalue weighted by molar-refractivity contribution is 8.18. The highest BCUT2D eigenvalue weighted by Crippen LogP contribution is 2.59. The molecule has 1 saturated heterocycles. The van der Waals surface area contributed by atoms with E-state index in [1.807, 2.05) is 59.9 Å². The van der Waals surface area contributed by atoms with E-state index >= 15 is 0 Å². The molecular formula is C26H36O5S2Si. The SMILES string of the molecule is COc1cc(OCOCC[Si](C)(C)C)cc(C(OC(C)=O)C2(c3ccccc3)SCCCS2)c1. The van der Waals surface area contributed by atoms with E-state index < -0.39 is 18.3 Å². The van der Waals surface area contributed by atoms with Crippen molar-refractivity contribution in [1.29, 1.82) is 0 Å². The molecule has 0 spiro atoms. The predicted octanol–water partition coefficient (Wildman–Crippen LogP) is 6.71. The second-order valence-electron chi connectivity index (χ2n) is 9.50. The summed E-state index contributed by atoms with van der Waals surface area (Å²) in [4.78, 5) is 12.3. The van der Waals surface area contributed by atoms with Crippen molar-refractivity contribution in [1.82, 2.24) is 0 Å². The van der Waals surface area contributed by atoms with Crippen LogP contribution < -0.4 is 9.47 Å². The number of esters is 1. The minimum absolute atomic E-state index is 0.169. The Morgan fingerprint density at radius 1 is 1.06 bits per heavy atom. The van der Waals surface area contributed by atoms with E-state index in [9.17, 15) is 4.79 Å². The Balaban J connectivity index is 1.92. The molecule has 0 aromatic heterocycles. The van der Waals surface area contributed by atoms with Crippen molar-refractivity contribution in [2.75, 3.05) is 32.0 Å². The van der Waals surface area contributed by atoms with E-state index in [-0.39, 0.29) is 12.8 Å². The summed E-state index contributed by atoms with van der Waals surface area (Å²) >= 11 is 3.68. The molecule has 0 saturated carbocycles. The van der Waals surface area contributed by atoms with Gasteiger partial charge in [0.1, 0.15) is 15.6 Å². The third-order valence-electron chi connectivity index (χ3n) is 5.47. The smallest absolute Gasteiger partial charge is 0.303 e. The molecule has 1 heterocycles. The third-order valence-corrected chi connectivity index (χ3v) is 10.6. The van der Waals surface area contributed by atoms with Crippen LogP contribution in [0.25, 0.3) is 0 Å². The maximum absolute atomic E-state index is 12.3. The molecule has 0 aliphatic carbocycles. The fourth-order valence-electron chi connectivity index (χ4n) is 3.71. The molecule has 2 aromatic carbocycles. The Hall–Kier alpha value is -1.61. The number of thioether (sulfide) groups is 2.